The van der Waals surface area contributed by atoms with Crippen LogP contribution < -0.4 is 14.5 Å². The summed E-state index contributed by atoms with van der Waals surface area (Å²) in [6.07, 6.45) is 1.70. The molecule has 2 aliphatic heterocycles. The SMILES string of the molecule is COc1cc(Br)cc(C2C3=CCC4C(=O)N(c5ccc(I)cc5)C(=O)C4C3CC3(Cl)C(=O)N(c4ccc(F)cc4)C(=O)C23Cl)c1O. The number of fused-ring (bicyclic) bond motifs is 4. The Bertz CT molecular complexity index is 1890. The third-order valence-electron chi connectivity index (χ3n) is 9.58. The zero-order chi connectivity index (χ0) is 32.9. The maximum Gasteiger partial charge on any atom is 0.258 e. The number of alkyl halides is 2. The van der Waals surface area contributed by atoms with Gasteiger partial charge in [0.25, 0.3) is 11.8 Å². The summed E-state index contributed by atoms with van der Waals surface area (Å²) >= 11 is 20.3. The molecule has 4 amide bonds. The first-order chi connectivity index (χ1) is 21.8. The van der Waals surface area contributed by atoms with Crippen molar-refractivity contribution in [3.8, 4) is 11.5 Å². The van der Waals surface area contributed by atoms with Crippen molar-refractivity contribution >= 4 is 96.7 Å². The van der Waals surface area contributed by atoms with Crippen molar-refractivity contribution in [1.29, 1.82) is 0 Å². The lowest BCUT2D eigenvalue weighted by Gasteiger charge is -2.50. The lowest BCUT2D eigenvalue weighted by Crippen LogP contribution is -2.60. The number of amides is 4. The summed E-state index contributed by atoms with van der Waals surface area (Å²) in [5.74, 6) is -7.03. The second-order valence-electron chi connectivity index (χ2n) is 11.8. The highest BCUT2D eigenvalue weighted by molar-refractivity contribution is 14.1. The normalized spacial score (nSPS) is 30.3. The van der Waals surface area contributed by atoms with Gasteiger partial charge in [-0.3, -0.25) is 24.1 Å². The van der Waals surface area contributed by atoms with Crippen LogP contribution >= 0.6 is 61.7 Å². The van der Waals surface area contributed by atoms with E-state index < -0.39 is 57.0 Å². The molecule has 0 radical (unpaired) electrons. The average molecular weight is 840 g/mol. The quantitative estimate of drug-likeness (QED) is 0.136. The van der Waals surface area contributed by atoms with Gasteiger partial charge in [0.2, 0.25) is 11.8 Å². The number of benzene rings is 3. The summed E-state index contributed by atoms with van der Waals surface area (Å²) in [4.78, 5) is 54.6. The van der Waals surface area contributed by atoms with E-state index in [4.69, 9.17) is 27.9 Å². The number of phenolic OH excluding ortho intramolecular Hbond substituents is 1. The number of ether oxygens (including phenoxy) is 1. The first-order valence-corrected chi connectivity index (χ1v) is 16.9. The van der Waals surface area contributed by atoms with E-state index in [1.807, 2.05) is 0 Å². The fraction of sp³-hybridized carbons (Fsp3) is 0.273. The van der Waals surface area contributed by atoms with E-state index in [0.29, 0.717) is 15.7 Å². The van der Waals surface area contributed by atoms with Crippen LogP contribution in [0.15, 0.2) is 76.8 Å². The molecule has 0 spiro atoms. The van der Waals surface area contributed by atoms with Gasteiger partial charge in [-0.25, -0.2) is 9.29 Å². The highest BCUT2D eigenvalue weighted by atomic mass is 127. The molecular formula is C33H23BrCl2FIN2O6. The lowest BCUT2D eigenvalue weighted by molar-refractivity contribution is -0.125. The standard InChI is InChI=1S/C33H23BrCl2FIN2O6/c1-46-24-13-15(34)12-22(27(24)41)26-20-10-11-21-25(29(43)39(28(21)42)18-8-4-17(38)5-9-18)23(20)14-32(35)30(44)40(31(45)33(26,32)36)19-6-2-16(37)3-7-19/h2-10,12-13,21,23,25-26,41H,11,14H2,1H3. The van der Waals surface area contributed by atoms with Crippen LogP contribution in [0.1, 0.15) is 24.3 Å². The van der Waals surface area contributed by atoms with Crippen molar-refractivity contribution < 1.29 is 33.4 Å². The Morgan fingerprint density at radius 2 is 1.57 bits per heavy atom. The van der Waals surface area contributed by atoms with Crippen molar-refractivity contribution in [2.75, 3.05) is 16.9 Å². The van der Waals surface area contributed by atoms with Gasteiger partial charge in [-0.1, -0.05) is 27.6 Å². The van der Waals surface area contributed by atoms with Gasteiger partial charge < -0.3 is 9.84 Å². The molecule has 3 fully saturated rings. The Kier molecular flexibility index (Phi) is 7.58. The van der Waals surface area contributed by atoms with E-state index in [9.17, 15) is 28.7 Å². The van der Waals surface area contributed by atoms with E-state index in [1.165, 1.54) is 30.2 Å². The van der Waals surface area contributed by atoms with Gasteiger partial charge in [-0.15, -0.1) is 23.2 Å². The molecule has 6 atom stereocenters. The Morgan fingerprint density at radius 3 is 2.22 bits per heavy atom. The Morgan fingerprint density at radius 1 is 0.935 bits per heavy atom. The summed E-state index contributed by atoms with van der Waals surface area (Å²) < 4.78 is 20.7. The summed E-state index contributed by atoms with van der Waals surface area (Å²) in [5.41, 5.74) is 1.15. The molecule has 2 aliphatic carbocycles. The largest absolute Gasteiger partial charge is 0.504 e. The number of carbonyl (C=O) groups excluding carboxylic acids is 4. The predicted octanol–water partition coefficient (Wildman–Crippen LogP) is 6.68. The Labute approximate surface area is 294 Å². The zero-order valence-electron chi connectivity index (χ0n) is 23.8. The van der Waals surface area contributed by atoms with Crippen molar-refractivity contribution in [3.05, 3.63) is 91.7 Å². The molecule has 7 rings (SSSR count). The molecule has 1 saturated carbocycles. The smallest absolute Gasteiger partial charge is 0.258 e. The first-order valence-electron chi connectivity index (χ1n) is 14.3. The van der Waals surface area contributed by atoms with Gasteiger partial charge in [0, 0.05) is 19.5 Å². The molecule has 2 heterocycles. The van der Waals surface area contributed by atoms with Gasteiger partial charge in [0.1, 0.15) is 5.82 Å². The van der Waals surface area contributed by atoms with Crippen LogP contribution in [0.5, 0.6) is 11.5 Å². The zero-order valence-corrected chi connectivity index (χ0v) is 29.1. The Hall–Kier alpha value is -3.00. The molecule has 6 unspecified atom stereocenters. The number of rotatable bonds is 4. The summed E-state index contributed by atoms with van der Waals surface area (Å²) in [6.45, 7) is 0. The number of hydrogen-bond acceptors (Lipinski definition) is 6. The highest BCUT2D eigenvalue weighted by Gasteiger charge is 2.77. The predicted molar refractivity (Wildman–Crippen MR) is 181 cm³/mol. The van der Waals surface area contributed by atoms with E-state index in [1.54, 1.807) is 36.4 Å². The number of methoxy groups -OCH3 is 1. The van der Waals surface area contributed by atoms with Crippen molar-refractivity contribution in [2.45, 2.75) is 28.5 Å². The maximum atomic E-state index is 14.5. The third-order valence-corrected chi connectivity index (χ3v) is 12.2. The van der Waals surface area contributed by atoms with E-state index in [0.717, 1.165) is 20.6 Å². The van der Waals surface area contributed by atoms with Crippen LogP contribution in [0, 0.1) is 27.1 Å². The number of phenols is 1. The van der Waals surface area contributed by atoms with Crippen LogP contribution in [0.2, 0.25) is 0 Å². The molecule has 236 valence electrons. The minimum Gasteiger partial charge on any atom is -0.504 e. The molecular weight excluding hydrogens is 817 g/mol. The number of imide groups is 2. The van der Waals surface area contributed by atoms with Crippen molar-refractivity contribution in [3.63, 3.8) is 0 Å². The highest BCUT2D eigenvalue weighted by Crippen LogP contribution is 2.67. The Balaban J connectivity index is 1.43. The van der Waals surface area contributed by atoms with Crippen LogP contribution in [0.25, 0.3) is 0 Å². The summed E-state index contributed by atoms with van der Waals surface area (Å²) in [7, 11) is 1.37. The van der Waals surface area contributed by atoms with Crippen LogP contribution in [0.4, 0.5) is 15.8 Å². The fourth-order valence-corrected chi connectivity index (χ4v) is 9.30. The number of aromatic hydroxyl groups is 1. The number of hydrogen-bond donors (Lipinski definition) is 1. The minimum atomic E-state index is -2.19. The van der Waals surface area contributed by atoms with E-state index >= 15 is 0 Å². The molecule has 2 saturated heterocycles. The van der Waals surface area contributed by atoms with E-state index in [-0.39, 0.29) is 41.5 Å². The topological polar surface area (TPSA) is 104 Å². The van der Waals surface area contributed by atoms with Gasteiger partial charge in [0.15, 0.2) is 21.2 Å². The van der Waals surface area contributed by atoms with E-state index in [2.05, 4.69) is 38.5 Å². The third kappa shape index (κ3) is 4.27. The van der Waals surface area contributed by atoms with Gasteiger partial charge in [-0.2, -0.15) is 0 Å². The molecule has 1 N–H and O–H groups in total. The molecule has 13 heteroatoms. The summed E-state index contributed by atoms with van der Waals surface area (Å²) in [6, 6.07) is 14.9. The van der Waals surface area contributed by atoms with Crippen LogP contribution in [-0.2, 0) is 19.2 Å². The van der Waals surface area contributed by atoms with Crippen molar-refractivity contribution in [1.82, 2.24) is 0 Å². The molecule has 0 aromatic heterocycles. The second kappa shape index (κ2) is 11.0. The molecule has 8 nitrogen and oxygen atoms in total. The van der Waals surface area contributed by atoms with Crippen molar-refractivity contribution in [2.24, 2.45) is 17.8 Å². The number of anilines is 2. The summed E-state index contributed by atoms with van der Waals surface area (Å²) in [5, 5.41) is 11.5. The molecule has 4 aliphatic rings. The number of nitrogens with zero attached hydrogens (tertiary/aromatic N) is 2. The molecule has 46 heavy (non-hydrogen) atoms. The second-order valence-corrected chi connectivity index (χ2v) is 15.2. The van der Waals surface area contributed by atoms with Gasteiger partial charge in [0.05, 0.1) is 30.3 Å². The number of allylic oxidation sites excluding steroid dienone is 2. The van der Waals surface area contributed by atoms with Crippen LogP contribution in [0.3, 0.4) is 0 Å². The molecule has 3 aromatic rings. The monoisotopic (exact) mass is 838 g/mol. The maximum absolute atomic E-state index is 14.5. The average Bonchev–Trinajstić information content (AvgIpc) is 3.37. The van der Waals surface area contributed by atoms with Gasteiger partial charge >= 0.3 is 0 Å². The minimum absolute atomic E-state index is 0.0625. The van der Waals surface area contributed by atoms with Gasteiger partial charge in [-0.05, 0) is 102 Å². The van der Waals surface area contributed by atoms with Crippen LogP contribution in [-0.4, -0.2) is 45.6 Å². The number of carbonyl (C=O) groups is 4. The first kappa shape index (κ1) is 31.6. The fourth-order valence-electron chi connectivity index (χ4n) is 7.56. The molecule has 3 aromatic carbocycles. The molecule has 0 bridgehead atoms. The lowest BCUT2D eigenvalue weighted by atomic mass is 9.56. The number of halogens is 5.